The maximum absolute atomic E-state index is 9.91. The smallest absolute Gasteiger partial charge is 0.222 e. The van der Waals surface area contributed by atoms with Crippen LogP contribution in [-0.2, 0) is 0 Å². The van der Waals surface area contributed by atoms with E-state index in [-0.39, 0.29) is 0 Å². The second-order valence-corrected chi connectivity index (χ2v) is 4.18. The van der Waals surface area contributed by atoms with Gasteiger partial charge in [-0.15, -0.1) is 0 Å². The van der Waals surface area contributed by atoms with Gasteiger partial charge in [0.15, 0.2) is 0 Å². The quantitative estimate of drug-likeness (QED) is 0.775. The molecule has 0 aromatic carbocycles. The Bertz CT molecular complexity index is 295. The van der Waals surface area contributed by atoms with Crippen molar-refractivity contribution < 1.29 is 5.11 Å². The first-order valence-corrected chi connectivity index (χ1v) is 5.28. The summed E-state index contributed by atoms with van der Waals surface area (Å²) in [7, 11) is 0. The molecule has 0 aliphatic carbocycles. The zero-order chi connectivity index (χ0) is 11.3. The van der Waals surface area contributed by atoms with Gasteiger partial charge in [-0.1, -0.05) is 13.3 Å². The van der Waals surface area contributed by atoms with Crippen LogP contribution in [0.5, 0.6) is 0 Å². The largest absolute Gasteiger partial charge is 0.388 e. The molecule has 0 spiro atoms. The summed E-state index contributed by atoms with van der Waals surface area (Å²) in [6.45, 7) is 6.29. The lowest BCUT2D eigenvalue weighted by Gasteiger charge is -2.22. The molecular weight excluding hydrogens is 190 g/mol. The third-order valence-corrected chi connectivity index (χ3v) is 2.20. The van der Waals surface area contributed by atoms with Crippen LogP contribution < -0.4 is 5.32 Å². The molecule has 0 radical (unpaired) electrons. The van der Waals surface area contributed by atoms with E-state index in [1.807, 2.05) is 13.8 Å². The van der Waals surface area contributed by atoms with Gasteiger partial charge in [-0.3, -0.25) is 0 Å². The zero-order valence-corrected chi connectivity index (χ0v) is 9.62. The van der Waals surface area contributed by atoms with E-state index in [0.717, 1.165) is 18.4 Å². The molecule has 0 saturated heterocycles. The average molecular weight is 209 g/mol. The molecule has 4 heteroatoms. The minimum atomic E-state index is -0.691. The van der Waals surface area contributed by atoms with Crippen molar-refractivity contribution in [1.82, 2.24) is 9.97 Å². The summed E-state index contributed by atoms with van der Waals surface area (Å²) in [4.78, 5) is 8.22. The van der Waals surface area contributed by atoms with Crippen LogP contribution in [0.25, 0.3) is 0 Å². The van der Waals surface area contributed by atoms with Crippen molar-refractivity contribution in [3.63, 3.8) is 0 Å². The molecule has 0 bridgehead atoms. The van der Waals surface area contributed by atoms with Crippen molar-refractivity contribution >= 4 is 5.95 Å². The number of aliphatic hydroxyl groups is 1. The lowest BCUT2D eigenvalue weighted by atomic mass is 10.0. The number of aryl methyl sites for hydroxylation is 1. The lowest BCUT2D eigenvalue weighted by Crippen LogP contribution is -2.33. The fraction of sp³-hybridized carbons (Fsp3) is 0.636. The molecule has 0 aliphatic rings. The predicted molar refractivity (Wildman–Crippen MR) is 60.8 cm³/mol. The van der Waals surface area contributed by atoms with Crippen molar-refractivity contribution in [2.45, 2.75) is 39.2 Å². The van der Waals surface area contributed by atoms with E-state index in [1.54, 1.807) is 12.4 Å². The highest BCUT2D eigenvalue weighted by Gasteiger charge is 2.18. The molecule has 0 aliphatic heterocycles. The second-order valence-electron chi connectivity index (χ2n) is 4.18. The SMILES string of the molecule is CCCC(C)(O)CNc1ncc(C)cn1. The molecule has 0 amide bonds. The lowest BCUT2D eigenvalue weighted by molar-refractivity contribution is 0.0635. The van der Waals surface area contributed by atoms with E-state index in [0.29, 0.717) is 12.5 Å². The van der Waals surface area contributed by atoms with Crippen LogP contribution in [0, 0.1) is 6.92 Å². The molecule has 0 fully saturated rings. The van der Waals surface area contributed by atoms with Crippen molar-refractivity contribution in [2.75, 3.05) is 11.9 Å². The average Bonchev–Trinajstić information content (AvgIpc) is 2.17. The maximum Gasteiger partial charge on any atom is 0.222 e. The topological polar surface area (TPSA) is 58.0 Å². The minimum Gasteiger partial charge on any atom is -0.388 e. The zero-order valence-electron chi connectivity index (χ0n) is 9.62. The van der Waals surface area contributed by atoms with Gasteiger partial charge in [-0.05, 0) is 25.8 Å². The van der Waals surface area contributed by atoms with Crippen molar-refractivity contribution in [3.05, 3.63) is 18.0 Å². The highest BCUT2D eigenvalue weighted by molar-refractivity contribution is 5.24. The summed E-state index contributed by atoms with van der Waals surface area (Å²) >= 11 is 0. The van der Waals surface area contributed by atoms with Crippen LogP contribution >= 0.6 is 0 Å². The van der Waals surface area contributed by atoms with Crippen LogP contribution in [0.2, 0.25) is 0 Å². The molecule has 2 N–H and O–H groups in total. The van der Waals surface area contributed by atoms with Crippen LogP contribution in [-0.4, -0.2) is 27.2 Å². The summed E-state index contributed by atoms with van der Waals surface area (Å²) in [6, 6.07) is 0. The highest BCUT2D eigenvalue weighted by atomic mass is 16.3. The minimum absolute atomic E-state index is 0.476. The normalized spacial score (nSPS) is 14.7. The van der Waals surface area contributed by atoms with Crippen molar-refractivity contribution in [3.8, 4) is 0 Å². The standard InChI is InChI=1S/C11H19N3O/c1-4-5-11(3,15)8-14-10-12-6-9(2)7-13-10/h6-7,15H,4-5,8H2,1-3H3,(H,12,13,14). The van der Waals surface area contributed by atoms with Crippen LogP contribution in [0.1, 0.15) is 32.3 Å². The van der Waals surface area contributed by atoms with Gasteiger partial charge in [0, 0.05) is 18.9 Å². The Morgan fingerprint density at radius 1 is 1.40 bits per heavy atom. The Labute approximate surface area is 90.8 Å². The molecule has 1 atom stereocenters. The van der Waals surface area contributed by atoms with Gasteiger partial charge in [0.1, 0.15) is 0 Å². The van der Waals surface area contributed by atoms with Gasteiger partial charge in [0.2, 0.25) is 5.95 Å². The van der Waals surface area contributed by atoms with E-state index in [4.69, 9.17) is 0 Å². The first-order chi connectivity index (χ1) is 7.03. The molecule has 84 valence electrons. The molecule has 4 nitrogen and oxygen atoms in total. The number of anilines is 1. The highest BCUT2D eigenvalue weighted by Crippen LogP contribution is 2.12. The molecule has 15 heavy (non-hydrogen) atoms. The Kier molecular flexibility index (Phi) is 4.03. The Morgan fingerprint density at radius 3 is 2.53 bits per heavy atom. The molecule has 1 aromatic heterocycles. The van der Waals surface area contributed by atoms with E-state index < -0.39 is 5.60 Å². The Morgan fingerprint density at radius 2 is 2.00 bits per heavy atom. The first-order valence-electron chi connectivity index (χ1n) is 5.28. The summed E-state index contributed by atoms with van der Waals surface area (Å²) < 4.78 is 0. The summed E-state index contributed by atoms with van der Waals surface area (Å²) in [6.07, 6.45) is 5.24. The van der Waals surface area contributed by atoms with E-state index in [1.165, 1.54) is 0 Å². The van der Waals surface area contributed by atoms with Crippen molar-refractivity contribution in [2.24, 2.45) is 0 Å². The van der Waals surface area contributed by atoms with E-state index in [9.17, 15) is 5.11 Å². The first kappa shape index (κ1) is 11.9. The maximum atomic E-state index is 9.91. The number of rotatable bonds is 5. The monoisotopic (exact) mass is 209 g/mol. The second kappa shape index (κ2) is 5.07. The van der Waals surface area contributed by atoms with E-state index >= 15 is 0 Å². The molecule has 1 rings (SSSR count). The van der Waals surface area contributed by atoms with Gasteiger partial charge >= 0.3 is 0 Å². The number of hydrogen-bond acceptors (Lipinski definition) is 4. The summed E-state index contributed by atoms with van der Waals surface area (Å²) in [5, 5.41) is 12.9. The predicted octanol–water partition coefficient (Wildman–Crippen LogP) is 1.75. The molecule has 0 saturated carbocycles. The molecule has 1 unspecified atom stereocenters. The van der Waals surface area contributed by atoms with E-state index in [2.05, 4.69) is 22.2 Å². The van der Waals surface area contributed by atoms with Crippen LogP contribution in [0.4, 0.5) is 5.95 Å². The number of aromatic nitrogens is 2. The van der Waals surface area contributed by atoms with Gasteiger partial charge < -0.3 is 10.4 Å². The fourth-order valence-corrected chi connectivity index (χ4v) is 1.38. The summed E-state index contributed by atoms with van der Waals surface area (Å²) in [5.41, 5.74) is 0.337. The van der Waals surface area contributed by atoms with Gasteiger partial charge in [0.05, 0.1) is 5.60 Å². The third-order valence-electron chi connectivity index (χ3n) is 2.20. The Hall–Kier alpha value is -1.16. The van der Waals surface area contributed by atoms with Gasteiger partial charge in [-0.25, -0.2) is 9.97 Å². The number of hydrogen-bond donors (Lipinski definition) is 2. The van der Waals surface area contributed by atoms with Gasteiger partial charge in [-0.2, -0.15) is 0 Å². The van der Waals surface area contributed by atoms with Crippen molar-refractivity contribution in [1.29, 1.82) is 0 Å². The number of nitrogens with zero attached hydrogens (tertiary/aromatic N) is 2. The number of nitrogens with one attached hydrogen (secondary N) is 1. The third kappa shape index (κ3) is 4.25. The summed E-state index contributed by atoms with van der Waals surface area (Å²) in [5.74, 6) is 0.567. The fourth-order valence-electron chi connectivity index (χ4n) is 1.38. The molecule has 1 heterocycles. The molecular formula is C11H19N3O. The van der Waals surface area contributed by atoms with Crippen LogP contribution in [0.3, 0.4) is 0 Å². The van der Waals surface area contributed by atoms with Gasteiger partial charge in [0.25, 0.3) is 0 Å². The van der Waals surface area contributed by atoms with Crippen LogP contribution in [0.15, 0.2) is 12.4 Å². The molecule has 1 aromatic rings. The Balaban J connectivity index is 2.46.